The van der Waals surface area contributed by atoms with Crippen LogP contribution in [0.15, 0.2) is 51.4 Å². The molecule has 22 heavy (non-hydrogen) atoms. The highest BCUT2D eigenvalue weighted by molar-refractivity contribution is 9.10. The van der Waals surface area contributed by atoms with E-state index < -0.39 is 5.97 Å². The first-order chi connectivity index (χ1) is 10.5. The smallest absolute Gasteiger partial charge is 0.338 e. The number of ether oxygens (including phenoxy) is 2. The lowest BCUT2D eigenvalue weighted by molar-refractivity contribution is 0.0474. The normalized spacial score (nSPS) is 10.1. The van der Waals surface area contributed by atoms with Crippen molar-refractivity contribution < 1.29 is 19.1 Å². The van der Waals surface area contributed by atoms with Crippen LogP contribution in [0.4, 0.5) is 0 Å². The Bertz CT molecular complexity index is 696. The van der Waals surface area contributed by atoms with Gasteiger partial charge in [0.05, 0.1) is 17.1 Å². The van der Waals surface area contributed by atoms with Gasteiger partial charge in [-0.25, -0.2) is 4.79 Å². The lowest BCUT2D eigenvalue weighted by atomic mass is 10.1. The van der Waals surface area contributed by atoms with Crippen molar-refractivity contribution >= 4 is 43.6 Å². The molecule has 0 bridgehead atoms. The third-order valence-corrected chi connectivity index (χ3v) is 4.04. The Balaban J connectivity index is 1.99. The molecular weight excluding hydrogens is 416 g/mol. The topological polar surface area (TPSA) is 52.6 Å². The molecule has 0 aliphatic rings. The van der Waals surface area contributed by atoms with Crippen LogP contribution in [-0.4, -0.2) is 25.5 Å². The van der Waals surface area contributed by atoms with Crippen LogP contribution < -0.4 is 4.74 Å². The monoisotopic (exact) mass is 426 g/mol. The maximum Gasteiger partial charge on any atom is 0.338 e. The number of benzene rings is 2. The predicted octanol–water partition coefficient (Wildman–Crippen LogP) is 4.26. The van der Waals surface area contributed by atoms with Crippen molar-refractivity contribution in [2.75, 3.05) is 13.7 Å². The van der Waals surface area contributed by atoms with Gasteiger partial charge in [0, 0.05) is 10.0 Å². The minimum Gasteiger partial charge on any atom is -0.496 e. The van der Waals surface area contributed by atoms with Gasteiger partial charge in [-0.3, -0.25) is 4.79 Å². The van der Waals surface area contributed by atoms with Gasteiger partial charge >= 0.3 is 5.97 Å². The lowest BCUT2D eigenvalue weighted by Crippen LogP contribution is -2.14. The fourth-order valence-electron chi connectivity index (χ4n) is 1.72. The Morgan fingerprint density at radius 3 is 2.23 bits per heavy atom. The van der Waals surface area contributed by atoms with Crippen molar-refractivity contribution in [2.24, 2.45) is 0 Å². The molecule has 4 nitrogen and oxygen atoms in total. The molecule has 0 atom stereocenters. The van der Waals surface area contributed by atoms with Gasteiger partial charge in [-0.1, -0.05) is 15.9 Å². The molecule has 0 aliphatic heterocycles. The van der Waals surface area contributed by atoms with Crippen LogP contribution in [0.2, 0.25) is 0 Å². The van der Waals surface area contributed by atoms with Gasteiger partial charge in [-0.15, -0.1) is 0 Å². The van der Waals surface area contributed by atoms with Crippen LogP contribution in [0, 0.1) is 0 Å². The van der Waals surface area contributed by atoms with E-state index in [-0.39, 0.29) is 12.4 Å². The summed E-state index contributed by atoms with van der Waals surface area (Å²) in [6, 6.07) is 11.7. The molecule has 0 radical (unpaired) electrons. The minimum absolute atomic E-state index is 0.284. The Hall–Kier alpha value is -1.66. The van der Waals surface area contributed by atoms with Crippen LogP contribution in [0.5, 0.6) is 5.75 Å². The van der Waals surface area contributed by atoms with Gasteiger partial charge in [0.2, 0.25) is 0 Å². The quantitative estimate of drug-likeness (QED) is 0.528. The molecule has 0 unspecified atom stereocenters. The summed E-state index contributed by atoms with van der Waals surface area (Å²) in [6.07, 6.45) is 0. The van der Waals surface area contributed by atoms with Crippen LogP contribution >= 0.6 is 31.9 Å². The van der Waals surface area contributed by atoms with Crippen LogP contribution in [0.25, 0.3) is 0 Å². The van der Waals surface area contributed by atoms with E-state index in [1.54, 1.807) is 49.6 Å². The van der Waals surface area contributed by atoms with Gasteiger partial charge < -0.3 is 9.47 Å². The van der Waals surface area contributed by atoms with E-state index >= 15 is 0 Å². The van der Waals surface area contributed by atoms with E-state index in [1.165, 1.54) is 0 Å². The van der Waals surface area contributed by atoms with E-state index in [0.717, 1.165) is 4.47 Å². The first-order valence-electron chi connectivity index (χ1n) is 6.30. The zero-order valence-electron chi connectivity index (χ0n) is 11.6. The van der Waals surface area contributed by atoms with Gasteiger partial charge in [0.1, 0.15) is 5.75 Å². The standard InChI is InChI=1S/C16H12Br2O4/c1-21-15-7-4-11(8-13(15)18)14(19)9-22-16(20)10-2-5-12(17)6-3-10/h2-8H,9H2,1H3. The number of ketones is 1. The molecule has 114 valence electrons. The summed E-state index contributed by atoms with van der Waals surface area (Å²) in [4.78, 5) is 23.9. The summed E-state index contributed by atoms with van der Waals surface area (Å²) in [5.41, 5.74) is 0.836. The van der Waals surface area contributed by atoms with E-state index in [1.807, 2.05) is 0 Å². The van der Waals surface area contributed by atoms with Gasteiger partial charge in [-0.2, -0.15) is 0 Å². The fraction of sp³-hybridized carbons (Fsp3) is 0.125. The summed E-state index contributed by atoms with van der Waals surface area (Å²) in [5, 5.41) is 0. The third kappa shape index (κ3) is 4.18. The summed E-state index contributed by atoms with van der Waals surface area (Å²) in [6.45, 7) is -0.312. The van der Waals surface area contributed by atoms with Crippen molar-refractivity contribution in [1.29, 1.82) is 0 Å². The average Bonchev–Trinajstić information content (AvgIpc) is 2.52. The maximum absolute atomic E-state index is 12.0. The molecule has 0 saturated carbocycles. The van der Waals surface area contributed by atoms with Crippen molar-refractivity contribution in [3.63, 3.8) is 0 Å². The molecule has 2 rings (SSSR count). The zero-order valence-corrected chi connectivity index (χ0v) is 14.8. The number of Topliss-reactive ketones (excluding diaryl/α,β-unsaturated/α-hetero) is 1. The Morgan fingerprint density at radius 2 is 1.64 bits per heavy atom. The Labute approximate surface area is 144 Å². The summed E-state index contributed by atoms with van der Waals surface area (Å²) in [7, 11) is 1.54. The molecule has 6 heteroatoms. The van der Waals surface area contributed by atoms with Crippen LogP contribution in [0.3, 0.4) is 0 Å². The summed E-state index contributed by atoms with van der Waals surface area (Å²) < 4.78 is 11.7. The molecule has 0 saturated heterocycles. The molecule has 0 heterocycles. The average molecular weight is 428 g/mol. The fourth-order valence-corrected chi connectivity index (χ4v) is 2.53. The van der Waals surface area contributed by atoms with Crippen molar-refractivity contribution in [3.8, 4) is 5.75 Å². The van der Waals surface area contributed by atoms with Crippen molar-refractivity contribution in [1.82, 2.24) is 0 Å². The number of hydrogen-bond acceptors (Lipinski definition) is 4. The number of methoxy groups -OCH3 is 1. The van der Waals surface area contributed by atoms with Gasteiger partial charge in [0.25, 0.3) is 0 Å². The lowest BCUT2D eigenvalue weighted by Gasteiger charge is -2.07. The zero-order chi connectivity index (χ0) is 16.1. The Kier molecular flexibility index (Phi) is 5.74. The van der Waals surface area contributed by atoms with E-state index in [9.17, 15) is 9.59 Å². The molecular formula is C16H12Br2O4. The highest BCUT2D eigenvalue weighted by Gasteiger charge is 2.13. The van der Waals surface area contributed by atoms with Gasteiger partial charge in [0.15, 0.2) is 12.4 Å². The number of halogens is 2. The highest BCUT2D eigenvalue weighted by Crippen LogP contribution is 2.25. The molecule has 2 aromatic rings. The molecule has 0 N–H and O–H groups in total. The molecule has 0 fully saturated rings. The molecule has 0 spiro atoms. The summed E-state index contributed by atoms with van der Waals surface area (Å²) >= 11 is 6.59. The third-order valence-electron chi connectivity index (χ3n) is 2.89. The van der Waals surface area contributed by atoms with E-state index in [0.29, 0.717) is 21.3 Å². The molecule has 0 aliphatic carbocycles. The SMILES string of the molecule is COc1ccc(C(=O)COC(=O)c2ccc(Br)cc2)cc1Br. The largest absolute Gasteiger partial charge is 0.496 e. The molecule has 2 aromatic carbocycles. The van der Waals surface area contributed by atoms with Crippen LogP contribution in [0.1, 0.15) is 20.7 Å². The minimum atomic E-state index is -0.534. The van der Waals surface area contributed by atoms with Crippen molar-refractivity contribution in [2.45, 2.75) is 0 Å². The number of rotatable bonds is 5. The number of esters is 1. The van der Waals surface area contributed by atoms with E-state index in [2.05, 4.69) is 31.9 Å². The Morgan fingerprint density at radius 1 is 1.00 bits per heavy atom. The first-order valence-corrected chi connectivity index (χ1v) is 7.89. The summed E-state index contributed by atoms with van der Waals surface area (Å²) in [5.74, 6) is -0.189. The first kappa shape index (κ1) is 16.7. The van der Waals surface area contributed by atoms with Crippen LogP contribution in [-0.2, 0) is 4.74 Å². The number of carbonyl (C=O) groups excluding carboxylic acids is 2. The number of hydrogen-bond donors (Lipinski definition) is 0. The van der Waals surface area contributed by atoms with Crippen molar-refractivity contribution in [3.05, 3.63) is 62.5 Å². The molecule has 0 amide bonds. The second-order valence-corrected chi connectivity index (χ2v) is 6.13. The second-order valence-electron chi connectivity index (χ2n) is 4.36. The predicted molar refractivity (Wildman–Crippen MR) is 89.4 cm³/mol. The highest BCUT2D eigenvalue weighted by atomic mass is 79.9. The van der Waals surface area contributed by atoms with E-state index in [4.69, 9.17) is 9.47 Å². The number of carbonyl (C=O) groups is 2. The second kappa shape index (κ2) is 7.56. The maximum atomic E-state index is 12.0. The molecule has 0 aromatic heterocycles. The van der Waals surface area contributed by atoms with Gasteiger partial charge in [-0.05, 0) is 58.4 Å².